The van der Waals surface area contributed by atoms with E-state index in [1.165, 1.54) is 29.8 Å². The molecule has 1 aliphatic heterocycles. The van der Waals surface area contributed by atoms with Gasteiger partial charge in [-0.25, -0.2) is 0 Å². The summed E-state index contributed by atoms with van der Waals surface area (Å²) >= 11 is 0. The molecular formula is C24H29N3O4. The third-order valence-corrected chi connectivity index (χ3v) is 5.76. The molecule has 2 aromatic rings. The van der Waals surface area contributed by atoms with E-state index in [1.54, 1.807) is 4.90 Å². The second kappa shape index (κ2) is 9.29. The molecule has 1 N–H and O–H groups in total. The standard InChI is InChI=1S/C24H29N3O4/c1-24(2,3)20-8-4-17(5-9-20)16-25-22(28)18-12-14-26(15-13-18)23(29)19-6-10-21(11-7-19)27(30)31/h4-11,18H,12-16H2,1-3H3,(H,25,28). The van der Waals surface area contributed by atoms with E-state index < -0.39 is 4.92 Å². The fraction of sp³-hybridized carbons (Fsp3) is 0.417. The molecule has 7 heteroatoms. The van der Waals surface area contributed by atoms with Crippen molar-refractivity contribution in [3.05, 3.63) is 75.3 Å². The molecule has 7 nitrogen and oxygen atoms in total. The predicted octanol–water partition coefficient (Wildman–Crippen LogP) is 4.06. The van der Waals surface area contributed by atoms with Gasteiger partial charge < -0.3 is 10.2 Å². The summed E-state index contributed by atoms with van der Waals surface area (Å²) in [6.07, 6.45) is 1.21. The summed E-state index contributed by atoms with van der Waals surface area (Å²) in [5, 5.41) is 13.8. The van der Waals surface area contributed by atoms with Gasteiger partial charge in [-0.2, -0.15) is 0 Å². The molecule has 1 heterocycles. The topological polar surface area (TPSA) is 92.6 Å². The van der Waals surface area contributed by atoms with Gasteiger partial charge in [-0.3, -0.25) is 19.7 Å². The maximum Gasteiger partial charge on any atom is 0.269 e. The molecule has 0 unspecified atom stereocenters. The minimum absolute atomic E-state index is 0.0160. The number of nitro benzene ring substituents is 1. The number of hydrogen-bond acceptors (Lipinski definition) is 4. The van der Waals surface area contributed by atoms with Gasteiger partial charge >= 0.3 is 0 Å². The van der Waals surface area contributed by atoms with Crippen molar-refractivity contribution in [2.24, 2.45) is 5.92 Å². The molecule has 0 atom stereocenters. The van der Waals surface area contributed by atoms with Crippen molar-refractivity contribution in [1.82, 2.24) is 10.2 Å². The molecule has 2 amide bonds. The first kappa shape index (κ1) is 22.5. The van der Waals surface area contributed by atoms with Crippen LogP contribution in [-0.4, -0.2) is 34.7 Å². The fourth-order valence-corrected chi connectivity index (χ4v) is 3.71. The van der Waals surface area contributed by atoms with Crippen molar-refractivity contribution in [3.8, 4) is 0 Å². The van der Waals surface area contributed by atoms with Gasteiger partial charge in [-0.1, -0.05) is 45.0 Å². The van der Waals surface area contributed by atoms with Crippen LogP contribution in [0.5, 0.6) is 0 Å². The number of hydrogen-bond donors (Lipinski definition) is 1. The first-order valence-corrected chi connectivity index (χ1v) is 10.6. The lowest BCUT2D eigenvalue weighted by molar-refractivity contribution is -0.384. The molecule has 1 aliphatic rings. The number of piperidine rings is 1. The van der Waals surface area contributed by atoms with Crippen LogP contribution in [-0.2, 0) is 16.8 Å². The number of nitro groups is 1. The summed E-state index contributed by atoms with van der Waals surface area (Å²) in [5.74, 6) is -0.259. The molecular weight excluding hydrogens is 394 g/mol. The summed E-state index contributed by atoms with van der Waals surface area (Å²) in [6.45, 7) is 7.99. The monoisotopic (exact) mass is 423 g/mol. The van der Waals surface area contributed by atoms with Crippen LogP contribution < -0.4 is 5.32 Å². The molecule has 0 aliphatic carbocycles. The molecule has 1 saturated heterocycles. The Kier molecular flexibility index (Phi) is 6.73. The summed E-state index contributed by atoms with van der Waals surface area (Å²) < 4.78 is 0. The van der Waals surface area contributed by atoms with Gasteiger partial charge in [0.1, 0.15) is 0 Å². The molecule has 0 spiro atoms. The number of rotatable bonds is 5. The summed E-state index contributed by atoms with van der Waals surface area (Å²) in [7, 11) is 0. The van der Waals surface area contributed by atoms with Crippen LogP contribution in [0.2, 0.25) is 0 Å². The Labute approximate surface area is 182 Å². The molecule has 0 saturated carbocycles. The van der Waals surface area contributed by atoms with Gasteiger partial charge in [0.2, 0.25) is 5.91 Å². The zero-order chi connectivity index (χ0) is 22.6. The van der Waals surface area contributed by atoms with Gasteiger partial charge in [0, 0.05) is 43.2 Å². The normalized spacial score (nSPS) is 14.9. The Morgan fingerprint density at radius 2 is 1.61 bits per heavy atom. The number of carbonyl (C=O) groups is 2. The van der Waals surface area contributed by atoms with Crippen LogP contribution >= 0.6 is 0 Å². The van der Waals surface area contributed by atoms with Crippen LogP contribution in [0.15, 0.2) is 48.5 Å². The minimum Gasteiger partial charge on any atom is -0.352 e. The lowest BCUT2D eigenvalue weighted by atomic mass is 9.87. The third-order valence-electron chi connectivity index (χ3n) is 5.76. The van der Waals surface area contributed by atoms with E-state index in [9.17, 15) is 19.7 Å². The molecule has 3 rings (SSSR count). The van der Waals surface area contributed by atoms with Crippen LogP contribution in [0.1, 0.15) is 55.1 Å². The molecule has 0 radical (unpaired) electrons. The highest BCUT2D eigenvalue weighted by atomic mass is 16.6. The molecule has 0 aromatic heterocycles. The molecule has 0 bridgehead atoms. The van der Waals surface area contributed by atoms with E-state index >= 15 is 0 Å². The molecule has 164 valence electrons. The quantitative estimate of drug-likeness (QED) is 0.580. The minimum atomic E-state index is -0.489. The lowest BCUT2D eigenvalue weighted by Crippen LogP contribution is -2.42. The van der Waals surface area contributed by atoms with Crippen LogP contribution in [0.25, 0.3) is 0 Å². The first-order valence-electron chi connectivity index (χ1n) is 10.6. The number of benzene rings is 2. The largest absolute Gasteiger partial charge is 0.352 e. The second-order valence-corrected chi connectivity index (χ2v) is 9.04. The second-order valence-electron chi connectivity index (χ2n) is 9.04. The van der Waals surface area contributed by atoms with E-state index in [1.807, 2.05) is 12.1 Å². The number of likely N-dealkylation sites (tertiary alicyclic amines) is 1. The van der Waals surface area contributed by atoms with E-state index in [-0.39, 0.29) is 28.8 Å². The average Bonchev–Trinajstić information content (AvgIpc) is 2.77. The van der Waals surface area contributed by atoms with Crippen LogP contribution in [0.3, 0.4) is 0 Å². The Morgan fingerprint density at radius 3 is 2.13 bits per heavy atom. The van der Waals surface area contributed by atoms with Crippen molar-refractivity contribution in [2.75, 3.05) is 13.1 Å². The first-order chi connectivity index (χ1) is 14.6. The van der Waals surface area contributed by atoms with Gasteiger partial charge in [0.05, 0.1) is 4.92 Å². The van der Waals surface area contributed by atoms with Crippen molar-refractivity contribution in [1.29, 1.82) is 0 Å². The Balaban J connectivity index is 1.48. The van der Waals surface area contributed by atoms with Crippen LogP contribution in [0.4, 0.5) is 5.69 Å². The van der Waals surface area contributed by atoms with Crippen molar-refractivity contribution >= 4 is 17.5 Å². The molecule has 2 aromatic carbocycles. The van der Waals surface area contributed by atoms with Crippen LogP contribution in [0, 0.1) is 16.0 Å². The predicted molar refractivity (Wildman–Crippen MR) is 119 cm³/mol. The van der Waals surface area contributed by atoms with E-state index in [0.29, 0.717) is 38.0 Å². The fourth-order valence-electron chi connectivity index (χ4n) is 3.71. The maximum absolute atomic E-state index is 12.6. The zero-order valence-electron chi connectivity index (χ0n) is 18.3. The van der Waals surface area contributed by atoms with Gasteiger partial charge in [0.15, 0.2) is 0 Å². The molecule has 1 fully saturated rings. The number of carbonyl (C=O) groups excluding carboxylic acids is 2. The smallest absolute Gasteiger partial charge is 0.269 e. The summed E-state index contributed by atoms with van der Waals surface area (Å²) in [4.78, 5) is 37.2. The Morgan fingerprint density at radius 1 is 1.03 bits per heavy atom. The number of amides is 2. The average molecular weight is 424 g/mol. The number of nitrogens with one attached hydrogen (secondary N) is 1. The van der Waals surface area contributed by atoms with E-state index in [4.69, 9.17) is 0 Å². The van der Waals surface area contributed by atoms with E-state index in [2.05, 4.69) is 38.2 Å². The van der Waals surface area contributed by atoms with Crippen molar-refractivity contribution in [2.45, 2.75) is 45.6 Å². The summed E-state index contributed by atoms with van der Waals surface area (Å²) in [5.41, 5.74) is 2.80. The SMILES string of the molecule is CC(C)(C)c1ccc(CNC(=O)C2CCN(C(=O)c3ccc([N+](=O)[O-])cc3)CC2)cc1. The zero-order valence-corrected chi connectivity index (χ0v) is 18.3. The lowest BCUT2D eigenvalue weighted by Gasteiger charge is -2.31. The van der Waals surface area contributed by atoms with Crippen molar-refractivity contribution < 1.29 is 14.5 Å². The van der Waals surface area contributed by atoms with E-state index in [0.717, 1.165) is 5.56 Å². The van der Waals surface area contributed by atoms with Gasteiger partial charge in [-0.05, 0) is 41.5 Å². The van der Waals surface area contributed by atoms with Crippen molar-refractivity contribution in [3.63, 3.8) is 0 Å². The Hall–Kier alpha value is -3.22. The number of nitrogens with zero attached hydrogens (tertiary/aromatic N) is 2. The third kappa shape index (κ3) is 5.69. The van der Waals surface area contributed by atoms with Gasteiger partial charge in [-0.15, -0.1) is 0 Å². The highest BCUT2D eigenvalue weighted by Crippen LogP contribution is 2.23. The maximum atomic E-state index is 12.6. The van der Waals surface area contributed by atoms with Gasteiger partial charge in [0.25, 0.3) is 11.6 Å². The summed E-state index contributed by atoms with van der Waals surface area (Å²) in [6, 6.07) is 13.9. The highest BCUT2D eigenvalue weighted by Gasteiger charge is 2.28. The molecule has 31 heavy (non-hydrogen) atoms. The number of non-ortho nitro benzene ring substituents is 1. The Bertz CT molecular complexity index is 938. The highest BCUT2D eigenvalue weighted by molar-refractivity contribution is 5.94.